The van der Waals surface area contributed by atoms with E-state index in [0.717, 1.165) is 11.8 Å². The summed E-state index contributed by atoms with van der Waals surface area (Å²) >= 11 is 0. The molecule has 1 spiro atoms. The van der Waals surface area contributed by atoms with Crippen LogP contribution in [0.1, 0.15) is 83.0 Å². The fraction of sp³-hybridized carbons (Fsp3) is 0.270. The van der Waals surface area contributed by atoms with Crippen molar-refractivity contribution in [2.75, 3.05) is 4.90 Å². The minimum absolute atomic E-state index is 0.165. The lowest BCUT2D eigenvalue weighted by Crippen LogP contribution is -2.55. The third-order valence-corrected chi connectivity index (χ3v) is 17.3. The molecular formula is C63H60BN. The number of rotatable bonds is 9. The van der Waals surface area contributed by atoms with Gasteiger partial charge in [0.05, 0.1) is 0 Å². The van der Waals surface area contributed by atoms with Gasteiger partial charge < -0.3 is 4.90 Å². The van der Waals surface area contributed by atoms with Crippen molar-refractivity contribution in [3.05, 3.63) is 214 Å². The molecule has 5 atom stereocenters. The molecule has 4 aliphatic carbocycles. The Bertz CT molecular complexity index is 3040. The van der Waals surface area contributed by atoms with E-state index in [9.17, 15) is 0 Å². The number of para-hydroxylation sites is 1. The lowest BCUT2D eigenvalue weighted by molar-refractivity contribution is -0.00114. The van der Waals surface area contributed by atoms with Crippen molar-refractivity contribution in [2.24, 2.45) is 17.3 Å². The lowest BCUT2D eigenvalue weighted by Gasteiger charge is -2.50. The van der Waals surface area contributed by atoms with E-state index in [0.29, 0.717) is 5.41 Å². The Hall–Kier alpha value is -6.12. The monoisotopic (exact) mass is 841 g/mol. The van der Waals surface area contributed by atoms with Crippen LogP contribution in [0.5, 0.6) is 0 Å². The molecular weight excluding hydrogens is 782 g/mol. The first-order valence-corrected chi connectivity index (χ1v) is 24.3. The van der Waals surface area contributed by atoms with E-state index in [2.05, 4.69) is 216 Å². The van der Waals surface area contributed by atoms with Gasteiger partial charge in [0.1, 0.15) is 0 Å². The standard InChI is InChI=1S/C63H60BN/c1-41-29-43(3)59(44(4)30-41)64(60-45(5)31-42(2)32-46(60)6)55-16-12-15-49(33-55)48-19-22-51(23-20-48)61-36-53-35-54-37-62(38-61,40-63(53,54)39-61)52-24-27-57(28-25-52)65(56-17-8-7-9-18-56)58-26-21-47-13-10-11-14-50(47)34-58/h7-34,53-54H,35-40H2,1-6H3. The molecule has 0 heterocycles. The van der Waals surface area contributed by atoms with Crippen molar-refractivity contribution in [3.8, 4) is 11.1 Å². The zero-order chi connectivity index (χ0) is 44.2. The van der Waals surface area contributed by atoms with Crippen LogP contribution in [-0.4, -0.2) is 6.71 Å². The SMILES string of the molecule is Cc1cc(C)c(B(c2cccc(-c3ccc(C45CC6CC7CC(c8ccc(N(c9ccccc9)c9ccc%10ccccc%10c9)cc8)(C4)CC67C5)cc3)c2)c2c(C)cc(C)cc2C)c(C)c1. The highest BCUT2D eigenvalue weighted by Gasteiger charge is 2.75. The highest BCUT2D eigenvalue weighted by atomic mass is 15.1. The van der Waals surface area contributed by atoms with E-state index in [1.807, 2.05) is 0 Å². The first-order chi connectivity index (χ1) is 31.5. The summed E-state index contributed by atoms with van der Waals surface area (Å²) in [7, 11) is 0. The molecule has 4 fully saturated rings. The van der Waals surface area contributed by atoms with Gasteiger partial charge in [-0.3, -0.25) is 0 Å². The maximum Gasteiger partial charge on any atom is 0.242 e. The first kappa shape index (κ1) is 40.4. The topological polar surface area (TPSA) is 3.24 Å². The van der Waals surface area contributed by atoms with E-state index < -0.39 is 0 Å². The predicted octanol–water partition coefficient (Wildman–Crippen LogP) is 14.1. The van der Waals surface area contributed by atoms with Crippen LogP contribution in [0.25, 0.3) is 21.9 Å². The molecule has 8 aromatic carbocycles. The zero-order valence-corrected chi connectivity index (χ0v) is 39.1. The number of anilines is 3. The van der Waals surface area contributed by atoms with Crippen LogP contribution in [0, 0.1) is 58.8 Å². The predicted molar refractivity (Wildman–Crippen MR) is 277 cm³/mol. The second-order valence-electron chi connectivity index (χ2n) is 21.4. The molecule has 0 aliphatic heterocycles. The second-order valence-corrected chi connectivity index (χ2v) is 21.4. The summed E-state index contributed by atoms with van der Waals surface area (Å²) in [5.74, 6) is 1.74. The van der Waals surface area contributed by atoms with E-state index in [1.165, 1.54) is 127 Å². The Morgan fingerprint density at radius 2 is 0.954 bits per heavy atom. The van der Waals surface area contributed by atoms with Crippen molar-refractivity contribution in [1.82, 2.24) is 0 Å². The Kier molecular flexibility index (Phi) is 9.30. The number of nitrogens with zero attached hydrogens (tertiary/aromatic N) is 1. The van der Waals surface area contributed by atoms with Gasteiger partial charge in [-0.1, -0.05) is 183 Å². The van der Waals surface area contributed by atoms with E-state index in [4.69, 9.17) is 0 Å². The average molecular weight is 842 g/mol. The van der Waals surface area contributed by atoms with E-state index in [1.54, 1.807) is 11.1 Å². The van der Waals surface area contributed by atoms with E-state index >= 15 is 0 Å². The largest absolute Gasteiger partial charge is 0.310 e. The molecule has 1 nitrogen and oxygen atoms in total. The minimum Gasteiger partial charge on any atom is -0.310 e. The molecule has 2 heteroatoms. The highest BCUT2D eigenvalue weighted by molar-refractivity contribution is 6.96. The number of fused-ring (bicyclic) bond motifs is 3. The van der Waals surface area contributed by atoms with Crippen LogP contribution in [0.2, 0.25) is 0 Å². The van der Waals surface area contributed by atoms with E-state index in [-0.39, 0.29) is 17.5 Å². The van der Waals surface area contributed by atoms with Crippen molar-refractivity contribution < 1.29 is 0 Å². The summed E-state index contributed by atoms with van der Waals surface area (Å²) < 4.78 is 0. The van der Waals surface area contributed by atoms with Gasteiger partial charge in [-0.15, -0.1) is 0 Å². The first-order valence-electron chi connectivity index (χ1n) is 24.3. The fourth-order valence-corrected chi connectivity index (χ4v) is 15.1. The third-order valence-electron chi connectivity index (χ3n) is 17.3. The molecule has 0 aromatic heterocycles. The molecule has 4 saturated carbocycles. The van der Waals surface area contributed by atoms with Crippen molar-refractivity contribution >= 4 is 50.9 Å². The number of benzene rings is 8. The summed E-state index contributed by atoms with van der Waals surface area (Å²) in [5.41, 5.74) is 22.8. The van der Waals surface area contributed by atoms with Gasteiger partial charge in [0.15, 0.2) is 0 Å². The van der Waals surface area contributed by atoms with Crippen molar-refractivity contribution in [3.63, 3.8) is 0 Å². The number of hydrogen-bond acceptors (Lipinski definition) is 1. The maximum absolute atomic E-state index is 2.54. The van der Waals surface area contributed by atoms with Crippen LogP contribution in [0.15, 0.2) is 170 Å². The smallest absolute Gasteiger partial charge is 0.242 e. The fourth-order valence-electron chi connectivity index (χ4n) is 15.1. The number of aryl methyl sites for hydroxylation is 6. The Balaban J connectivity index is 0.873. The van der Waals surface area contributed by atoms with Gasteiger partial charge in [-0.25, -0.2) is 0 Å². The van der Waals surface area contributed by atoms with Crippen LogP contribution in [-0.2, 0) is 10.8 Å². The Morgan fingerprint density at radius 3 is 1.55 bits per heavy atom. The lowest BCUT2D eigenvalue weighted by atomic mass is 9.34. The van der Waals surface area contributed by atoms with Gasteiger partial charge in [0.25, 0.3) is 0 Å². The molecule has 0 radical (unpaired) electrons. The number of hydrogen-bond donors (Lipinski definition) is 0. The molecule has 8 aromatic rings. The molecule has 0 amide bonds. The molecule has 0 saturated heterocycles. The van der Waals surface area contributed by atoms with Gasteiger partial charge in [0.2, 0.25) is 6.71 Å². The Morgan fingerprint density at radius 1 is 0.431 bits per heavy atom. The third kappa shape index (κ3) is 6.41. The van der Waals surface area contributed by atoms with Gasteiger partial charge >= 0.3 is 0 Å². The van der Waals surface area contributed by atoms with Crippen LogP contribution in [0.3, 0.4) is 0 Å². The van der Waals surface area contributed by atoms with Crippen LogP contribution >= 0.6 is 0 Å². The maximum atomic E-state index is 2.54. The molecule has 320 valence electrons. The normalized spacial score (nSPS) is 23.7. The summed E-state index contributed by atoms with van der Waals surface area (Å²) in [5, 5.41) is 2.54. The van der Waals surface area contributed by atoms with Crippen LogP contribution in [0.4, 0.5) is 17.1 Å². The van der Waals surface area contributed by atoms with Gasteiger partial charge in [-0.2, -0.15) is 0 Å². The van der Waals surface area contributed by atoms with Crippen LogP contribution < -0.4 is 21.3 Å². The molecule has 0 N–H and O–H groups in total. The molecule has 5 unspecified atom stereocenters. The quantitative estimate of drug-likeness (QED) is 0.131. The van der Waals surface area contributed by atoms with Gasteiger partial charge in [0, 0.05) is 17.1 Å². The summed E-state index contributed by atoms with van der Waals surface area (Å²) in [4.78, 5) is 2.43. The highest BCUT2D eigenvalue weighted by Crippen LogP contribution is 2.82. The Labute approximate surface area is 387 Å². The van der Waals surface area contributed by atoms with Gasteiger partial charge in [-0.05, 0) is 178 Å². The van der Waals surface area contributed by atoms with Crippen molar-refractivity contribution in [1.29, 1.82) is 0 Å². The molecule has 4 aliphatic rings. The average Bonchev–Trinajstić information content (AvgIpc) is 3.61. The minimum atomic E-state index is 0.165. The molecule has 3 bridgehead atoms. The second kappa shape index (κ2) is 15.0. The summed E-state index contributed by atoms with van der Waals surface area (Å²) in [6, 6.07) is 65.3. The molecule has 65 heavy (non-hydrogen) atoms. The zero-order valence-electron chi connectivity index (χ0n) is 39.1. The summed E-state index contributed by atoms with van der Waals surface area (Å²) in [6.45, 7) is 13.9. The summed E-state index contributed by atoms with van der Waals surface area (Å²) in [6.07, 6.45) is 8.15. The van der Waals surface area contributed by atoms with Crippen molar-refractivity contribution in [2.45, 2.75) is 90.9 Å². The molecule has 12 rings (SSSR count).